The number of hydrogen-bond acceptors (Lipinski definition) is 12. The molecule has 0 aromatic heterocycles. The summed E-state index contributed by atoms with van der Waals surface area (Å²) in [6.07, 6.45) is -1.53. The number of carbonyl (C=O) groups excluding carboxylic acids is 7. The summed E-state index contributed by atoms with van der Waals surface area (Å²) < 4.78 is 21.6. The van der Waals surface area contributed by atoms with Crippen LogP contribution in [0.5, 0.6) is 0 Å². The van der Waals surface area contributed by atoms with Crippen molar-refractivity contribution < 1.29 is 52.5 Å². The summed E-state index contributed by atoms with van der Waals surface area (Å²) in [6.45, 7) is 2.64. The highest BCUT2D eigenvalue weighted by Crippen LogP contribution is 2.13. The van der Waals surface area contributed by atoms with E-state index in [4.69, 9.17) is 24.7 Å². The Balaban J connectivity index is 1.48. The van der Waals surface area contributed by atoms with Crippen LogP contribution in [0, 0.1) is 0 Å². The van der Waals surface area contributed by atoms with Gasteiger partial charge in [-0.25, -0.2) is 14.4 Å². The van der Waals surface area contributed by atoms with Crippen molar-refractivity contribution in [1.82, 2.24) is 21.3 Å². The van der Waals surface area contributed by atoms with Gasteiger partial charge >= 0.3 is 24.0 Å². The van der Waals surface area contributed by atoms with Crippen molar-refractivity contribution in [3.63, 3.8) is 0 Å². The summed E-state index contributed by atoms with van der Waals surface area (Å²) in [5.74, 6) is -4.46. The maximum Gasteiger partial charge on any atom is 0.408 e. The second-order valence-electron chi connectivity index (χ2n) is 14.7. The molecule has 0 fully saturated rings. The summed E-state index contributed by atoms with van der Waals surface area (Å²) in [6, 6.07) is 29.7. The third kappa shape index (κ3) is 18.2. The molecule has 334 valence electrons. The Hall–Kier alpha value is -7.07. The molecule has 0 aliphatic rings. The number of carbonyl (C=O) groups is 7. The molecule has 63 heavy (non-hydrogen) atoms. The largest absolute Gasteiger partial charge is 0.461 e. The fourth-order valence-corrected chi connectivity index (χ4v) is 5.92. The molecule has 0 aliphatic heterocycles. The normalized spacial score (nSPS) is 13.1. The Bertz CT molecular complexity index is 2070. The van der Waals surface area contributed by atoms with Crippen molar-refractivity contribution in [3.05, 3.63) is 144 Å². The molecular weight excluding hydrogens is 811 g/mol. The van der Waals surface area contributed by atoms with E-state index in [1.807, 2.05) is 24.3 Å². The Morgan fingerprint density at radius 3 is 1.35 bits per heavy atom. The quantitative estimate of drug-likeness (QED) is 0.0491. The van der Waals surface area contributed by atoms with Gasteiger partial charge in [0.15, 0.2) is 0 Å². The van der Waals surface area contributed by atoms with Gasteiger partial charge < -0.3 is 45.9 Å². The number of rotatable bonds is 24. The Labute approximate surface area is 366 Å². The summed E-state index contributed by atoms with van der Waals surface area (Å²) >= 11 is 0. The monoisotopic (exact) mass is 865 g/mol. The molecule has 4 aromatic rings. The molecule has 4 rings (SSSR count). The first-order chi connectivity index (χ1) is 30.4. The van der Waals surface area contributed by atoms with Crippen LogP contribution in [0.3, 0.4) is 0 Å². The molecule has 0 saturated heterocycles. The number of esters is 3. The van der Waals surface area contributed by atoms with Crippen LogP contribution in [0.4, 0.5) is 4.79 Å². The Kier molecular flexibility index (Phi) is 20.3. The average molecular weight is 866 g/mol. The summed E-state index contributed by atoms with van der Waals surface area (Å²) in [5.41, 5.74) is 8.70. The van der Waals surface area contributed by atoms with E-state index >= 15 is 0 Å². The summed E-state index contributed by atoms with van der Waals surface area (Å²) in [4.78, 5) is 92.5. The molecule has 16 nitrogen and oxygen atoms in total. The van der Waals surface area contributed by atoms with E-state index in [1.54, 1.807) is 97.1 Å². The van der Waals surface area contributed by atoms with Gasteiger partial charge in [0, 0.05) is 6.42 Å². The van der Waals surface area contributed by atoms with E-state index in [0.717, 1.165) is 16.7 Å². The van der Waals surface area contributed by atoms with Gasteiger partial charge in [0.2, 0.25) is 17.7 Å². The van der Waals surface area contributed by atoms with Gasteiger partial charge in [-0.15, -0.1) is 0 Å². The number of ether oxygens (including phenoxy) is 4. The highest BCUT2D eigenvalue weighted by atomic mass is 16.6. The van der Waals surface area contributed by atoms with Crippen LogP contribution in [0.25, 0.3) is 0 Å². The van der Waals surface area contributed by atoms with Crippen molar-refractivity contribution in [3.8, 4) is 0 Å². The van der Waals surface area contributed by atoms with E-state index < -0.39 is 71.9 Å². The Morgan fingerprint density at radius 2 is 0.857 bits per heavy atom. The van der Waals surface area contributed by atoms with Gasteiger partial charge in [-0.2, -0.15) is 0 Å². The zero-order valence-corrected chi connectivity index (χ0v) is 35.4. The average Bonchev–Trinajstić information content (AvgIpc) is 3.30. The van der Waals surface area contributed by atoms with Crippen LogP contribution in [-0.2, 0) is 74.1 Å². The van der Waals surface area contributed by atoms with E-state index in [0.29, 0.717) is 5.56 Å². The number of alkyl carbamates (subject to hydrolysis) is 1. The number of nitrogens with two attached hydrogens (primary N) is 1. The van der Waals surface area contributed by atoms with Gasteiger partial charge in [-0.3, -0.25) is 19.2 Å². The van der Waals surface area contributed by atoms with Gasteiger partial charge in [0.05, 0.1) is 6.04 Å². The van der Waals surface area contributed by atoms with Gasteiger partial charge in [0.25, 0.3) is 0 Å². The van der Waals surface area contributed by atoms with Crippen LogP contribution in [0.2, 0.25) is 0 Å². The number of nitrogens with one attached hydrogen (secondary N) is 4. The second-order valence-corrected chi connectivity index (χ2v) is 14.7. The van der Waals surface area contributed by atoms with Crippen molar-refractivity contribution >= 4 is 41.7 Å². The van der Waals surface area contributed by atoms with Crippen LogP contribution in [0.15, 0.2) is 121 Å². The third-order valence-corrected chi connectivity index (χ3v) is 9.49. The molecule has 5 atom stereocenters. The highest BCUT2D eigenvalue weighted by Gasteiger charge is 2.31. The maximum absolute atomic E-state index is 13.9. The molecule has 4 aromatic carbocycles. The van der Waals surface area contributed by atoms with E-state index in [9.17, 15) is 33.6 Å². The van der Waals surface area contributed by atoms with Crippen LogP contribution < -0.4 is 27.0 Å². The van der Waals surface area contributed by atoms with E-state index in [1.165, 1.54) is 13.8 Å². The molecule has 0 saturated carbocycles. The van der Waals surface area contributed by atoms with Crippen LogP contribution in [0.1, 0.15) is 68.2 Å². The maximum atomic E-state index is 13.9. The lowest BCUT2D eigenvalue weighted by molar-refractivity contribution is -0.149. The zero-order valence-electron chi connectivity index (χ0n) is 35.4. The summed E-state index contributed by atoms with van der Waals surface area (Å²) in [5, 5.41) is 10.3. The first-order valence-electron chi connectivity index (χ1n) is 20.6. The molecule has 16 heteroatoms. The van der Waals surface area contributed by atoms with Crippen LogP contribution in [-0.4, -0.2) is 71.9 Å². The fourth-order valence-electron chi connectivity index (χ4n) is 5.92. The van der Waals surface area contributed by atoms with Crippen molar-refractivity contribution in [2.75, 3.05) is 0 Å². The fraction of sp³-hybridized carbons (Fsp3) is 0.340. The molecule has 4 amide bonds. The van der Waals surface area contributed by atoms with Gasteiger partial charge in [-0.1, -0.05) is 121 Å². The third-order valence-electron chi connectivity index (χ3n) is 9.49. The SMILES string of the molecule is C[C@H](N)C(=O)N[C@H](CCC(=O)OCc1ccccc1)C(=O)N[C@@H](CCC[C@@H](NC(=O)OCc1ccccc1)C(=O)OCc1ccccc1)C(=O)N[C@H](C)C(=O)OCc1ccccc1. The number of benzene rings is 4. The first kappa shape index (κ1) is 48.6. The smallest absolute Gasteiger partial charge is 0.408 e. The minimum absolute atomic E-state index is 0.00264. The predicted octanol–water partition coefficient (Wildman–Crippen LogP) is 4.28. The lowest BCUT2D eigenvalue weighted by Crippen LogP contribution is -2.56. The zero-order chi connectivity index (χ0) is 45.4. The molecule has 0 radical (unpaired) electrons. The van der Waals surface area contributed by atoms with Crippen molar-refractivity contribution in [2.45, 2.75) is 103 Å². The van der Waals surface area contributed by atoms with Crippen molar-refractivity contribution in [1.29, 1.82) is 0 Å². The minimum Gasteiger partial charge on any atom is -0.461 e. The Morgan fingerprint density at radius 1 is 0.460 bits per heavy atom. The van der Waals surface area contributed by atoms with Crippen molar-refractivity contribution in [2.24, 2.45) is 5.73 Å². The number of hydrogen-bond donors (Lipinski definition) is 5. The van der Waals surface area contributed by atoms with E-state index in [-0.39, 0.29) is 58.5 Å². The minimum atomic E-state index is -1.35. The molecule has 0 heterocycles. The molecule has 0 bridgehead atoms. The van der Waals surface area contributed by atoms with E-state index in [2.05, 4.69) is 21.3 Å². The van der Waals surface area contributed by atoms with Gasteiger partial charge in [-0.05, 0) is 61.8 Å². The van der Waals surface area contributed by atoms with Crippen LogP contribution >= 0.6 is 0 Å². The summed E-state index contributed by atoms with van der Waals surface area (Å²) in [7, 11) is 0. The molecular formula is C47H55N5O11. The first-order valence-corrected chi connectivity index (χ1v) is 20.6. The molecule has 0 unspecified atom stereocenters. The lowest BCUT2D eigenvalue weighted by atomic mass is 10.0. The number of amides is 4. The standard InChI is InChI=1S/C47H55N5O11/c1-32(48)42(54)50-39(26-27-41(53)60-28-34-16-7-3-8-17-34)44(56)51-38(43(55)49-33(2)45(57)61-29-35-18-9-4-10-19-35)24-15-25-40(46(58)62-30-36-20-11-5-12-21-36)52-47(59)63-31-37-22-13-6-14-23-37/h3-14,16-23,32-33,38-40H,15,24-31,48H2,1-2H3,(H,49,55)(H,50,54)(H,51,56)(H,52,59)/t32-,33+,38-,39+,40+/m0/s1. The van der Waals surface area contributed by atoms with Gasteiger partial charge in [0.1, 0.15) is 50.6 Å². The lowest BCUT2D eigenvalue weighted by Gasteiger charge is -2.25. The molecule has 6 N–H and O–H groups in total. The molecule has 0 spiro atoms. The molecule has 0 aliphatic carbocycles. The topological polar surface area (TPSA) is 231 Å². The highest BCUT2D eigenvalue weighted by molar-refractivity contribution is 5.94. The predicted molar refractivity (Wildman–Crippen MR) is 230 cm³/mol. The second kappa shape index (κ2) is 26.3.